The number of hydrogen-bond acceptors (Lipinski definition) is 4. The van der Waals surface area contributed by atoms with Crippen molar-refractivity contribution < 1.29 is 0 Å². The third-order valence-corrected chi connectivity index (χ3v) is 4.97. The Hall–Kier alpha value is -1.46. The molecule has 0 unspecified atom stereocenters. The van der Waals surface area contributed by atoms with E-state index in [2.05, 4.69) is 33.2 Å². The van der Waals surface area contributed by atoms with Gasteiger partial charge in [0.05, 0.1) is 5.52 Å². The minimum Gasteiger partial charge on any atom is -0.369 e. The lowest BCUT2D eigenvalue weighted by molar-refractivity contribution is 0.144. The van der Waals surface area contributed by atoms with Gasteiger partial charge in [0.1, 0.15) is 5.82 Å². The number of para-hydroxylation sites is 1. The fraction of sp³-hybridized carbons (Fsp3) is 0.556. The van der Waals surface area contributed by atoms with Crippen molar-refractivity contribution in [3.63, 3.8) is 0 Å². The average molecular weight is 331 g/mol. The maximum atomic E-state index is 5.22. The molecule has 1 aliphatic rings. The fourth-order valence-electron chi connectivity index (χ4n) is 3.54. The van der Waals surface area contributed by atoms with E-state index in [-0.39, 0.29) is 0 Å². The zero-order valence-corrected chi connectivity index (χ0v) is 14.7. The largest absolute Gasteiger partial charge is 0.369 e. The van der Waals surface area contributed by atoms with E-state index in [1.54, 1.807) is 0 Å². The van der Waals surface area contributed by atoms with Crippen LogP contribution in [-0.4, -0.2) is 40.5 Å². The predicted molar refractivity (Wildman–Crippen MR) is 99.5 cm³/mol. The zero-order chi connectivity index (χ0) is 16.1. The first-order valence-electron chi connectivity index (χ1n) is 8.75. The first-order chi connectivity index (χ1) is 11.3. The van der Waals surface area contributed by atoms with Crippen LogP contribution in [0, 0.1) is 4.77 Å². The van der Waals surface area contributed by atoms with Crippen LogP contribution in [0.3, 0.4) is 0 Å². The van der Waals surface area contributed by atoms with E-state index in [0.29, 0.717) is 4.77 Å². The van der Waals surface area contributed by atoms with Crippen LogP contribution in [0.15, 0.2) is 24.3 Å². The average Bonchev–Trinajstić information content (AvgIpc) is 2.58. The summed E-state index contributed by atoms with van der Waals surface area (Å²) in [4.78, 5) is 10.3. The summed E-state index contributed by atoms with van der Waals surface area (Å²) in [5.41, 5.74) is 1.04. The number of H-pyrrole nitrogens is 1. The van der Waals surface area contributed by atoms with Crippen molar-refractivity contribution in [2.45, 2.75) is 45.1 Å². The van der Waals surface area contributed by atoms with Gasteiger partial charge in [-0.1, -0.05) is 25.5 Å². The minimum atomic E-state index is 0.535. The first-order valence-corrected chi connectivity index (χ1v) is 9.15. The number of hydrogen-bond donors (Lipinski definition) is 2. The van der Waals surface area contributed by atoms with E-state index < -0.39 is 0 Å². The maximum Gasteiger partial charge on any atom is 0.199 e. The molecular formula is C18H26N4S. The van der Waals surface area contributed by atoms with Gasteiger partial charge in [-0.25, -0.2) is 4.98 Å². The highest BCUT2D eigenvalue weighted by molar-refractivity contribution is 7.71. The smallest absolute Gasteiger partial charge is 0.199 e. The van der Waals surface area contributed by atoms with Gasteiger partial charge in [-0.3, -0.25) is 0 Å². The number of benzene rings is 1. The van der Waals surface area contributed by atoms with Gasteiger partial charge < -0.3 is 15.2 Å². The molecule has 23 heavy (non-hydrogen) atoms. The Morgan fingerprint density at radius 3 is 3.09 bits per heavy atom. The van der Waals surface area contributed by atoms with Gasteiger partial charge in [-0.2, -0.15) is 0 Å². The molecule has 0 radical (unpaired) electrons. The topological polar surface area (TPSA) is 44.0 Å². The molecule has 5 heteroatoms. The highest BCUT2D eigenvalue weighted by Crippen LogP contribution is 2.21. The molecule has 1 atom stereocenters. The van der Waals surface area contributed by atoms with Crippen LogP contribution in [0.1, 0.15) is 39.0 Å². The summed E-state index contributed by atoms with van der Waals surface area (Å²) in [5.74, 6) is 0.898. The van der Waals surface area contributed by atoms with Gasteiger partial charge in [0.15, 0.2) is 4.77 Å². The molecule has 0 bridgehead atoms. The lowest BCUT2D eigenvalue weighted by Gasteiger charge is -2.35. The second-order valence-electron chi connectivity index (χ2n) is 6.31. The molecule has 0 spiro atoms. The fourth-order valence-corrected chi connectivity index (χ4v) is 3.75. The third-order valence-electron chi connectivity index (χ3n) is 4.77. The summed E-state index contributed by atoms with van der Waals surface area (Å²) < 4.78 is 0.535. The molecule has 1 saturated heterocycles. The molecule has 2 N–H and O–H groups in total. The Balaban J connectivity index is 1.58. The van der Waals surface area contributed by atoms with Crippen molar-refractivity contribution >= 4 is 28.9 Å². The molecule has 1 aromatic carbocycles. The van der Waals surface area contributed by atoms with Crippen LogP contribution < -0.4 is 5.32 Å². The molecule has 2 aromatic rings. The Kier molecular flexibility index (Phi) is 5.62. The minimum absolute atomic E-state index is 0.535. The number of rotatable bonds is 6. The number of aromatic nitrogens is 2. The molecular weight excluding hydrogens is 304 g/mol. The summed E-state index contributed by atoms with van der Waals surface area (Å²) in [6.07, 6.45) is 6.52. The van der Waals surface area contributed by atoms with E-state index in [1.165, 1.54) is 38.8 Å². The Morgan fingerprint density at radius 2 is 2.22 bits per heavy atom. The van der Waals surface area contributed by atoms with Crippen molar-refractivity contribution in [2.24, 2.45) is 0 Å². The Labute approximate surface area is 143 Å². The number of nitrogens with zero attached hydrogens (tertiary/aromatic N) is 2. The number of likely N-dealkylation sites (tertiary alicyclic amines) is 1. The van der Waals surface area contributed by atoms with Gasteiger partial charge in [0, 0.05) is 24.5 Å². The van der Waals surface area contributed by atoms with Crippen LogP contribution in [0.5, 0.6) is 0 Å². The van der Waals surface area contributed by atoms with Gasteiger partial charge >= 0.3 is 0 Å². The molecule has 0 aliphatic carbocycles. The molecule has 0 amide bonds. The van der Waals surface area contributed by atoms with Crippen LogP contribution in [0.25, 0.3) is 10.9 Å². The highest BCUT2D eigenvalue weighted by Gasteiger charge is 2.19. The SMILES string of the molecule is CC[C@H]1CCCCN1CCCNc1nc(=S)[nH]c2ccccc12. The standard InChI is InChI=1S/C18H26N4S/c1-2-14-8-5-6-12-22(14)13-7-11-19-17-15-9-3-4-10-16(15)20-18(23)21-17/h3-4,9-10,14H,2,5-8,11-13H2,1H3,(H2,19,20,21,23)/t14-/m0/s1. The monoisotopic (exact) mass is 330 g/mol. The zero-order valence-electron chi connectivity index (χ0n) is 13.8. The lowest BCUT2D eigenvalue weighted by Crippen LogP contribution is -2.40. The number of fused-ring (bicyclic) bond motifs is 1. The van der Waals surface area contributed by atoms with Gasteiger partial charge in [-0.05, 0) is 56.6 Å². The quantitative estimate of drug-likeness (QED) is 0.610. The Morgan fingerprint density at radius 1 is 1.35 bits per heavy atom. The number of anilines is 1. The van der Waals surface area contributed by atoms with Gasteiger partial charge in [-0.15, -0.1) is 0 Å². The van der Waals surface area contributed by atoms with Crippen molar-refractivity contribution in [3.05, 3.63) is 29.0 Å². The van der Waals surface area contributed by atoms with Crippen LogP contribution in [-0.2, 0) is 0 Å². The van der Waals surface area contributed by atoms with Crippen molar-refractivity contribution in [3.8, 4) is 0 Å². The number of nitrogens with one attached hydrogen (secondary N) is 2. The highest BCUT2D eigenvalue weighted by atomic mass is 32.1. The van der Waals surface area contributed by atoms with Gasteiger partial charge in [0.2, 0.25) is 0 Å². The van der Waals surface area contributed by atoms with Crippen LogP contribution >= 0.6 is 12.2 Å². The normalized spacial score (nSPS) is 19.1. The van der Waals surface area contributed by atoms with Crippen LogP contribution in [0.4, 0.5) is 5.82 Å². The van der Waals surface area contributed by atoms with E-state index in [9.17, 15) is 0 Å². The lowest BCUT2D eigenvalue weighted by atomic mass is 10.00. The van der Waals surface area contributed by atoms with Gasteiger partial charge in [0.25, 0.3) is 0 Å². The van der Waals surface area contributed by atoms with Crippen molar-refractivity contribution in [1.82, 2.24) is 14.9 Å². The summed E-state index contributed by atoms with van der Waals surface area (Å²) in [5, 5.41) is 4.58. The second kappa shape index (κ2) is 7.88. The second-order valence-corrected chi connectivity index (χ2v) is 6.70. The van der Waals surface area contributed by atoms with Crippen molar-refractivity contribution in [2.75, 3.05) is 25.0 Å². The first kappa shape index (κ1) is 16.4. The summed E-state index contributed by atoms with van der Waals surface area (Å²) >= 11 is 5.22. The summed E-state index contributed by atoms with van der Waals surface area (Å²) in [7, 11) is 0. The predicted octanol–water partition coefficient (Wildman–Crippen LogP) is 4.36. The third kappa shape index (κ3) is 4.09. The molecule has 1 aliphatic heterocycles. The van der Waals surface area contributed by atoms with Crippen LogP contribution in [0.2, 0.25) is 0 Å². The van der Waals surface area contributed by atoms with Crippen molar-refractivity contribution in [1.29, 1.82) is 0 Å². The number of piperidine rings is 1. The van der Waals surface area contributed by atoms with E-state index in [4.69, 9.17) is 12.2 Å². The summed E-state index contributed by atoms with van der Waals surface area (Å²) in [6.45, 7) is 5.67. The molecule has 2 heterocycles. The molecule has 124 valence electrons. The van der Waals surface area contributed by atoms with E-state index >= 15 is 0 Å². The summed E-state index contributed by atoms with van der Waals surface area (Å²) in [6, 6.07) is 8.95. The molecule has 1 fully saturated rings. The molecule has 3 rings (SSSR count). The molecule has 4 nitrogen and oxygen atoms in total. The molecule has 1 aromatic heterocycles. The number of aromatic amines is 1. The molecule has 0 saturated carbocycles. The van der Waals surface area contributed by atoms with E-state index in [0.717, 1.165) is 35.7 Å². The maximum absolute atomic E-state index is 5.22. The Bertz CT molecular complexity index is 697. The van der Waals surface area contributed by atoms with E-state index in [1.807, 2.05) is 18.2 Å².